The minimum atomic E-state index is -0.222. The summed E-state index contributed by atoms with van der Waals surface area (Å²) in [6.07, 6.45) is 3.03. The highest BCUT2D eigenvalue weighted by Crippen LogP contribution is 2.25. The van der Waals surface area contributed by atoms with Crippen LogP contribution in [-0.2, 0) is 11.3 Å². The van der Waals surface area contributed by atoms with Gasteiger partial charge in [0.2, 0.25) is 5.91 Å². The van der Waals surface area contributed by atoms with Crippen LogP contribution in [0.5, 0.6) is 0 Å². The fourth-order valence-electron chi connectivity index (χ4n) is 2.05. The Balaban J connectivity index is 1.64. The Morgan fingerprint density at radius 1 is 1.13 bits per heavy atom. The molecule has 0 aliphatic rings. The first-order valence-electron chi connectivity index (χ1n) is 6.88. The Bertz CT molecular complexity index is 836. The van der Waals surface area contributed by atoms with Crippen LogP contribution in [0.1, 0.15) is 10.6 Å². The molecule has 116 valence electrons. The van der Waals surface area contributed by atoms with Crippen LogP contribution in [0, 0.1) is 0 Å². The molecule has 0 saturated carbocycles. The second-order valence-corrected chi connectivity index (χ2v) is 6.69. The lowest BCUT2D eigenvalue weighted by molar-refractivity contribution is -0.116. The van der Waals surface area contributed by atoms with Crippen LogP contribution in [0.3, 0.4) is 0 Å². The fraction of sp³-hybridized carbons (Fsp3) is 0.0588. The van der Waals surface area contributed by atoms with Crippen molar-refractivity contribution in [2.45, 2.75) is 6.54 Å². The Labute approximate surface area is 147 Å². The molecule has 1 aromatic heterocycles. The number of hydrogen-bond donors (Lipinski definition) is 1. The molecule has 1 N–H and O–H groups in total. The standard InChI is InChI=1S/C17H12Cl2N2OS/c18-12-4-3-5-13(19)11(12)8-9-16(22)20-10-17-21-14-6-1-2-7-15(14)23-17/h1-9H,10H2,(H,20,22). The highest BCUT2D eigenvalue weighted by Gasteiger charge is 2.05. The minimum Gasteiger partial charge on any atom is -0.346 e. The summed E-state index contributed by atoms with van der Waals surface area (Å²) in [5.74, 6) is -0.222. The van der Waals surface area contributed by atoms with Crippen molar-refractivity contribution in [3.8, 4) is 0 Å². The molecule has 0 spiro atoms. The molecule has 6 heteroatoms. The van der Waals surface area contributed by atoms with Gasteiger partial charge in [0.05, 0.1) is 16.8 Å². The number of para-hydroxylation sites is 1. The molecule has 1 amide bonds. The normalized spacial score (nSPS) is 11.2. The van der Waals surface area contributed by atoms with Crippen LogP contribution < -0.4 is 5.32 Å². The average Bonchev–Trinajstić information content (AvgIpc) is 2.95. The smallest absolute Gasteiger partial charge is 0.244 e. The zero-order valence-corrected chi connectivity index (χ0v) is 14.3. The summed E-state index contributed by atoms with van der Waals surface area (Å²) in [5, 5.41) is 4.68. The molecule has 0 aliphatic heterocycles. The lowest BCUT2D eigenvalue weighted by Gasteiger charge is -2.01. The zero-order chi connectivity index (χ0) is 16.2. The number of carbonyl (C=O) groups is 1. The van der Waals surface area contributed by atoms with Crippen molar-refractivity contribution in [1.82, 2.24) is 10.3 Å². The van der Waals surface area contributed by atoms with E-state index in [0.29, 0.717) is 22.2 Å². The average molecular weight is 363 g/mol. The third kappa shape index (κ3) is 3.91. The van der Waals surface area contributed by atoms with Gasteiger partial charge in [0.15, 0.2) is 0 Å². The maximum Gasteiger partial charge on any atom is 0.244 e. The van der Waals surface area contributed by atoms with Crippen LogP contribution in [0.4, 0.5) is 0 Å². The third-order valence-corrected chi connectivity index (χ3v) is 4.85. The van der Waals surface area contributed by atoms with Gasteiger partial charge in [-0.1, -0.05) is 41.4 Å². The topological polar surface area (TPSA) is 42.0 Å². The molecule has 0 fully saturated rings. The molecular formula is C17H12Cl2N2OS. The number of halogens is 2. The van der Waals surface area contributed by atoms with E-state index in [0.717, 1.165) is 15.2 Å². The molecular weight excluding hydrogens is 351 g/mol. The predicted molar refractivity (Wildman–Crippen MR) is 97.0 cm³/mol. The Kier molecular flexibility index (Phi) is 4.96. The molecule has 0 unspecified atom stereocenters. The fourth-order valence-corrected chi connectivity index (χ4v) is 3.48. The van der Waals surface area contributed by atoms with Crippen LogP contribution in [0.2, 0.25) is 10.0 Å². The second-order valence-electron chi connectivity index (χ2n) is 4.76. The molecule has 0 atom stereocenters. The maximum absolute atomic E-state index is 11.9. The van der Waals surface area contributed by atoms with Gasteiger partial charge >= 0.3 is 0 Å². The molecule has 1 heterocycles. The summed E-state index contributed by atoms with van der Waals surface area (Å²) in [5.41, 5.74) is 1.58. The van der Waals surface area contributed by atoms with E-state index in [-0.39, 0.29) is 5.91 Å². The second kappa shape index (κ2) is 7.13. The van der Waals surface area contributed by atoms with Gasteiger partial charge in [-0.3, -0.25) is 4.79 Å². The summed E-state index contributed by atoms with van der Waals surface area (Å²) in [6.45, 7) is 0.388. The lowest BCUT2D eigenvalue weighted by Crippen LogP contribution is -2.20. The van der Waals surface area contributed by atoms with Crippen molar-refractivity contribution in [2.24, 2.45) is 0 Å². The quantitative estimate of drug-likeness (QED) is 0.668. The van der Waals surface area contributed by atoms with E-state index in [1.165, 1.54) is 6.08 Å². The summed E-state index contributed by atoms with van der Waals surface area (Å²) in [4.78, 5) is 16.4. The number of nitrogens with one attached hydrogen (secondary N) is 1. The largest absolute Gasteiger partial charge is 0.346 e. The van der Waals surface area contributed by atoms with E-state index in [1.54, 1.807) is 35.6 Å². The van der Waals surface area contributed by atoms with E-state index in [1.807, 2.05) is 24.3 Å². The maximum atomic E-state index is 11.9. The van der Waals surface area contributed by atoms with Crippen LogP contribution in [0.25, 0.3) is 16.3 Å². The van der Waals surface area contributed by atoms with Gasteiger partial charge in [0.1, 0.15) is 5.01 Å². The van der Waals surface area contributed by atoms with E-state index in [9.17, 15) is 4.79 Å². The summed E-state index contributed by atoms with van der Waals surface area (Å²) in [7, 11) is 0. The Morgan fingerprint density at radius 2 is 1.87 bits per heavy atom. The van der Waals surface area contributed by atoms with Crippen LogP contribution in [-0.4, -0.2) is 10.9 Å². The number of thiazole rings is 1. The molecule has 0 radical (unpaired) electrons. The predicted octanol–water partition coefficient (Wildman–Crippen LogP) is 4.93. The van der Waals surface area contributed by atoms with E-state index in [4.69, 9.17) is 23.2 Å². The third-order valence-electron chi connectivity index (χ3n) is 3.15. The van der Waals surface area contributed by atoms with Crippen LogP contribution >= 0.6 is 34.5 Å². The number of benzene rings is 2. The van der Waals surface area contributed by atoms with Gasteiger partial charge in [-0.05, 0) is 30.3 Å². The molecule has 2 aromatic carbocycles. The SMILES string of the molecule is O=C(C=Cc1c(Cl)cccc1Cl)NCc1nc2ccccc2s1. The molecule has 3 rings (SSSR count). The lowest BCUT2D eigenvalue weighted by atomic mass is 10.2. The number of carbonyl (C=O) groups excluding carboxylic acids is 1. The molecule has 3 nitrogen and oxygen atoms in total. The Hall–Kier alpha value is -1.88. The molecule has 0 bridgehead atoms. The van der Waals surface area contributed by atoms with Crippen molar-refractivity contribution in [1.29, 1.82) is 0 Å². The summed E-state index contributed by atoms with van der Waals surface area (Å²) >= 11 is 13.7. The number of hydrogen-bond acceptors (Lipinski definition) is 3. The first kappa shape index (κ1) is 16.0. The molecule has 0 aliphatic carbocycles. The van der Waals surface area contributed by atoms with Gasteiger partial charge < -0.3 is 5.32 Å². The van der Waals surface area contributed by atoms with E-state index >= 15 is 0 Å². The number of aromatic nitrogens is 1. The van der Waals surface area contributed by atoms with E-state index < -0.39 is 0 Å². The van der Waals surface area contributed by atoms with Crippen molar-refractivity contribution >= 4 is 56.7 Å². The van der Waals surface area contributed by atoms with Gasteiger partial charge in [-0.15, -0.1) is 11.3 Å². The zero-order valence-electron chi connectivity index (χ0n) is 11.9. The first-order valence-corrected chi connectivity index (χ1v) is 8.45. The van der Waals surface area contributed by atoms with Gasteiger partial charge in [0, 0.05) is 21.7 Å². The highest BCUT2D eigenvalue weighted by atomic mass is 35.5. The number of fused-ring (bicyclic) bond motifs is 1. The van der Waals surface area contributed by atoms with Crippen molar-refractivity contribution < 1.29 is 4.79 Å². The van der Waals surface area contributed by atoms with Gasteiger partial charge in [-0.25, -0.2) is 4.98 Å². The van der Waals surface area contributed by atoms with Gasteiger partial charge in [-0.2, -0.15) is 0 Å². The van der Waals surface area contributed by atoms with Crippen molar-refractivity contribution in [3.05, 3.63) is 69.2 Å². The molecule has 0 saturated heterocycles. The van der Waals surface area contributed by atoms with Crippen molar-refractivity contribution in [2.75, 3.05) is 0 Å². The molecule has 23 heavy (non-hydrogen) atoms. The minimum absolute atomic E-state index is 0.222. The highest BCUT2D eigenvalue weighted by molar-refractivity contribution is 7.18. The monoisotopic (exact) mass is 362 g/mol. The number of amides is 1. The summed E-state index contributed by atoms with van der Waals surface area (Å²) < 4.78 is 1.11. The first-order chi connectivity index (χ1) is 11.1. The van der Waals surface area contributed by atoms with Crippen molar-refractivity contribution in [3.63, 3.8) is 0 Å². The van der Waals surface area contributed by atoms with Gasteiger partial charge in [0.25, 0.3) is 0 Å². The Morgan fingerprint density at radius 3 is 2.61 bits per heavy atom. The molecule has 3 aromatic rings. The van der Waals surface area contributed by atoms with E-state index in [2.05, 4.69) is 10.3 Å². The van der Waals surface area contributed by atoms with Crippen LogP contribution in [0.15, 0.2) is 48.5 Å². The number of rotatable bonds is 4. The summed E-state index contributed by atoms with van der Waals surface area (Å²) in [6, 6.07) is 13.1. The number of nitrogens with zero attached hydrogens (tertiary/aromatic N) is 1.